The van der Waals surface area contributed by atoms with Crippen LogP contribution < -0.4 is 0 Å². The van der Waals surface area contributed by atoms with Gasteiger partial charge in [0, 0.05) is 30.0 Å². The van der Waals surface area contributed by atoms with Gasteiger partial charge in [0.2, 0.25) is 5.91 Å². The molecule has 1 aliphatic heterocycles. The predicted molar refractivity (Wildman–Crippen MR) is 88.2 cm³/mol. The van der Waals surface area contributed by atoms with E-state index in [1.54, 1.807) is 20.0 Å². The van der Waals surface area contributed by atoms with Gasteiger partial charge in [-0.2, -0.15) is 13.2 Å². The summed E-state index contributed by atoms with van der Waals surface area (Å²) in [4.78, 5) is 17.9. The molecule has 2 unspecified atom stereocenters. The molecule has 0 aliphatic carbocycles. The van der Waals surface area contributed by atoms with Gasteiger partial charge in [0.1, 0.15) is 11.7 Å². The number of rotatable bonds is 4. The Morgan fingerprint density at radius 2 is 2.00 bits per heavy atom. The molecule has 3 heterocycles. The van der Waals surface area contributed by atoms with Crippen LogP contribution in [0.3, 0.4) is 0 Å². The van der Waals surface area contributed by atoms with Crippen molar-refractivity contribution in [2.75, 3.05) is 0 Å². The number of amides is 1. The topological polar surface area (TPSA) is 37.6 Å². The van der Waals surface area contributed by atoms with Crippen molar-refractivity contribution in [2.24, 2.45) is 5.92 Å². The molecule has 0 spiro atoms. The monoisotopic (exact) mass is 353 g/mol. The number of aromatic nitrogens is 2. The fourth-order valence-electron chi connectivity index (χ4n) is 3.82. The molecule has 1 aliphatic rings. The second kappa shape index (κ2) is 6.35. The first kappa shape index (κ1) is 17.8. The zero-order valence-electron chi connectivity index (χ0n) is 14.5. The molecule has 7 heteroatoms. The van der Waals surface area contributed by atoms with Gasteiger partial charge in [0.25, 0.3) is 0 Å². The van der Waals surface area contributed by atoms with E-state index in [4.69, 9.17) is 0 Å². The Kier molecular flexibility index (Phi) is 4.51. The number of hydrogen-bond donors (Lipinski definition) is 0. The molecule has 136 valence electrons. The van der Waals surface area contributed by atoms with Crippen molar-refractivity contribution in [2.45, 2.75) is 57.8 Å². The molecule has 3 atom stereocenters. The lowest BCUT2D eigenvalue weighted by Gasteiger charge is -2.30. The molecule has 25 heavy (non-hydrogen) atoms. The van der Waals surface area contributed by atoms with Crippen LogP contribution in [0, 0.1) is 5.92 Å². The summed E-state index contributed by atoms with van der Waals surface area (Å²) in [5.74, 6) is -1.07. The molecule has 0 bridgehead atoms. The Morgan fingerprint density at radius 3 is 2.60 bits per heavy atom. The maximum Gasteiger partial charge on any atom is 0.408 e. The van der Waals surface area contributed by atoms with E-state index in [9.17, 15) is 18.0 Å². The number of carbonyl (C=O) groups is 1. The molecule has 0 N–H and O–H groups in total. The highest BCUT2D eigenvalue weighted by Gasteiger charge is 2.53. The molecule has 2 aromatic heterocycles. The third kappa shape index (κ3) is 3.24. The second-order valence-corrected chi connectivity index (χ2v) is 7.08. The van der Waals surface area contributed by atoms with E-state index in [1.807, 2.05) is 35.7 Å². The first-order valence-electron chi connectivity index (χ1n) is 8.51. The minimum atomic E-state index is -4.39. The van der Waals surface area contributed by atoms with Crippen molar-refractivity contribution in [3.63, 3.8) is 0 Å². The van der Waals surface area contributed by atoms with Crippen LogP contribution in [0.1, 0.15) is 45.2 Å². The summed E-state index contributed by atoms with van der Waals surface area (Å²) in [7, 11) is 0. The quantitative estimate of drug-likeness (QED) is 0.833. The SMILES string of the molecule is CC(CC1C[C@@H](C(F)(F)F)N(C(C)C)C1=O)c1cnc2ccccn12. The van der Waals surface area contributed by atoms with Gasteiger partial charge in [-0.3, -0.25) is 4.79 Å². The summed E-state index contributed by atoms with van der Waals surface area (Å²) >= 11 is 0. The van der Waals surface area contributed by atoms with Gasteiger partial charge in [-0.25, -0.2) is 4.98 Å². The average molecular weight is 353 g/mol. The molecular formula is C18H22F3N3O. The summed E-state index contributed by atoms with van der Waals surface area (Å²) in [6, 6.07) is 3.49. The fourth-order valence-corrected chi connectivity index (χ4v) is 3.82. The minimum absolute atomic E-state index is 0.0626. The van der Waals surface area contributed by atoms with E-state index in [-0.39, 0.29) is 12.3 Å². The molecule has 0 aromatic carbocycles. The fraction of sp³-hybridized carbons (Fsp3) is 0.556. The highest BCUT2D eigenvalue weighted by molar-refractivity contribution is 5.82. The number of fused-ring (bicyclic) bond motifs is 1. The van der Waals surface area contributed by atoms with Gasteiger partial charge in [-0.05, 0) is 44.7 Å². The van der Waals surface area contributed by atoms with Crippen LogP contribution in [0.4, 0.5) is 13.2 Å². The van der Waals surface area contributed by atoms with Crippen molar-refractivity contribution < 1.29 is 18.0 Å². The Labute approximate surface area is 144 Å². The number of imidazole rings is 1. The van der Waals surface area contributed by atoms with Crippen molar-refractivity contribution in [3.05, 3.63) is 36.3 Å². The number of hydrogen-bond acceptors (Lipinski definition) is 2. The molecule has 1 saturated heterocycles. The van der Waals surface area contributed by atoms with Gasteiger partial charge < -0.3 is 9.30 Å². The number of alkyl halides is 3. The number of carbonyl (C=O) groups excluding carboxylic acids is 1. The zero-order chi connectivity index (χ0) is 18.4. The lowest BCUT2D eigenvalue weighted by molar-refractivity contribution is -0.184. The van der Waals surface area contributed by atoms with Crippen molar-refractivity contribution in [1.82, 2.24) is 14.3 Å². The molecule has 0 radical (unpaired) electrons. The van der Waals surface area contributed by atoms with Crippen molar-refractivity contribution in [3.8, 4) is 0 Å². The Bertz CT molecular complexity index is 768. The maximum atomic E-state index is 13.3. The third-order valence-electron chi connectivity index (χ3n) is 4.97. The van der Waals surface area contributed by atoms with E-state index in [0.29, 0.717) is 6.42 Å². The van der Waals surface area contributed by atoms with Crippen molar-refractivity contribution >= 4 is 11.6 Å². The number of pyridine rings is 1. The van der Waals surface area contributed by atoms with Gasteiger partial charge in [0.05, 0.1) is 0 Å². The van der Waals surface area contributed by atoms with Gasteiger partial charge in [-0.15, -0.1) is 0 Å². The maximum absolute atomic E-state index is 13.3. The Hall–Kier alpha value is -2.05. The lowest BCUT2D eigenvalue weighted by Crippen LogP contribution is -2.46. The van der Waals surface area contributed by atoms with E-state index >= 15 is 0 Å². The van der Waals surface area contributed by atoms with Crippen LogP contribution in [-0.4, -0.2) is 38.5 Å². The normalized spacial score (nSPS) is 23.0. The molecule has 0 saturated carbocycles. The van der Waals surface area contributed by atoms with E-state index < -0.39 is 30.1 Å². The van der Waals surface area contributed by atoms with E-state index in [2.05, 4.69) is 4.98 Å². The number of nitrogens with zero attached hydrogens (tertiary/aromatic N) is 3. The lowest BCUT2D eigenvalue weighted by atomic mass is 9.91. The molecule has 2 aromatic rings. The van der Waals surface area contributed by atoms with Crippen LogP contribution in [0.15, 0.2) is 30.6 Å². The molecule has 3 rings (SSSR count). The van der Waals surface area contributed by atoms with Gasteiger partial charge >= 0.3 is 6.18 Å². The molecule has 1 amide bonds. The van der Waals surface area contributed by atoms with Gasteiger partial charge in [0.15, 0.2) is 0 Å². The van der Waals surface area contributed by atoms with Crippen LogP contribution in [0.5, 0.6) is 0 Å². The van der Waals surface area contributed by atoms with E-state index in [1.165, 1.54) is 0 Å². The Balaban J connectivity index is 1.81. The molecule has 1 fully saturated rings. The smallest absolute Gasteiger partial charge is 0.328 e. The standard InChI is InChI=1S/C18H22F3N3O/c1-11(2)24-15(18(19,20)21)9-13(17(24)25)8-12(3)14-10-22-16-6-4-5-7-23(14)16/h4-7,10-13,15H,8-9H2,1-3H3/t12?,13?,15-/m0/s1. The summed E-state index contributed by atoms with van der Waals surface area (Å²) < 4.78 is 41.9. The van der Waals surface area contributed by atoms with Crippen LogP contribution in [0.2, 0.25) is 0 Å². The average Bonchev–Trinajstić information content (AvgIpc) is 3.09. The van der Waals surface area contributed by atoms with Crippen molar-refractivity contribution in [1.29, 1.82) is 0 Å². The third-order valence-corrected chi connectivity index (χ3v) is 4.97. The molecular weight excluding hydrogens is 331 g/mol. The highest BCUT2D eigenvalue weighted by atomic mass is 19.4. The van der Waals surface area contributed by atoms with Crippen LogP contribution >= 0.6 is 0 Å². The van der Waals surface area contributed by atoms with E-state index in [0.717, 1.165) is 16.2 Å². The summed E-state index contributed by atoms with van der Waals surface area (Å²) in [5, 5.41) is 0. The first-order valence-corrected chi connectivity index (χ1v) is 8.51. The molecule has 4 nitrogen and oxygen atoms in total. The highest BCUT2D eigenvalue weighted by Crippen LogP contribution is 2.40. The first-order chi connectivity index (χ1) is 11.7. The van der Waals surface area contributed by atoms with Gasteiger partial charge in [-0.1, -0.05) is 13.0 Å². The van der Waals surface area contributed by atoms with Crippen LogP contribution in [0.25, 0.3) is 5.65 Å². The van der Waals surface area contributed by atoms with Crippen LogP contribution in [-0.2, 0) is 4.79 Å². The summed E-state index contributed by atoms with van der Waals surface area (Å²) in [6.45, 7) is 5.20. The second-order valence-electron chi connectivity index (χ2n) is 7.08. The minimum Gasteiger partial charge on any atom is -0.328 e. The summed E-state index contributed by atoms with van der Waals surface area (Å²) in [5.41, 5.74) is 1.70. The number of likely N-dealkylation sites (tertiary alicyclic amines) is 1. The Morgan fingerprint density at radius 1 is 1.28 bits per heavy atom. The largest absolute Gasteiger partial charge is 0.408 e. The predicted octanol–water partition coefficient (Wildman–Crippen LogP) is 4.02. The zero-order valence-corrected chi connectivity index (χ0v) is 14.5. The number of halogens is 3. The summed E-state index contributed by atoms with van der Waals surface area (Å²) in [6.07, 6.45) is -0.551.